The predicted octanol–water partition coefficient (Wildman–Crippen LogP) is -7.89. The molecular weight excluding hydrogens is 248 g/mol. The van der Waals surface area contributed by atoms with Gasteiger partial charge in [0.05, 0.1) is 0 Å². The van der Waals surface area contributed by atoms with Gasteiger partial charge in [0.2, 0.25) is 0 Å². The van der Waals surface area contributed by atoms with Crippen LogP contribution in [0.4, 0.5) is 9.59 Å². The number of carbonyl (C=O) groups excluding carboxylic acids is 2. The predicted molar refractivity (Wildman–Crippen MR) is 10.8 cm³/mol. The molecule has 0 aromatic heterocycles. The molecule has 0 fully saturated rings. The van der Waals surface area contributed by atoms with Crippen LogP contribution in [-0.4, -0.2) is 12.3 Å². The number of rotatable bonds is 0. The van der Waals surface area contributed by atoms with Crippen LogP contribution >= 0.6 is 0 Å². The third kappa shape index (κ3) is 388. The van der Waals surface area contributed by atoms with Crippen molar-refractivity contribution in [2.24, 2.45) is 0 Å². The average Bonchev–Trinajstić information content (AvgIpc) is 1.25. The van der Waals surface area contributed by atoms with Gasteiger partial charge in [0.15, 0.2) is 0 Å². The maximum atomic E-state index is 8.33. The topological polar surface area (TPSA) is 126 Å². The Morgan fingerprint density at radius 2 is 0.800 bits per heavy atom. The summed E-state index contributed by atoms with van der Waals surface area (Å²) in [6.07, 6.45) is -4.67. The van der Waals surface area contributed by atoms with Gasteiger partial charge in [0.25, 0.3) is 0 Å². The molecule has 48 valence electrons. The minimum Gasteiger partial charge on any atom is -0.652 e. The maximum absolute atomic E-state index is 8.33. The number of hydrogen-bond donors (Lipinski definition) is 0. The molecule has 8 heteroatoms. The SMILES string of the molecule is O=C([O-])[O-].O=C([O-])[O-].[K+].[Y+3]. The van der Waals surface area contributed by atoms with Gasteiger partial charge in [0.1, 0.15) is 0 Å². The quantitative estimate of drug-likeness (QED) is 0.392. The molecule has 10 heavy (non-hydrogen) atoms. The van der Waals surface area contributed by atoms with Crippen molar-refractivity contribution in [3.8, 4) is 0 Å². The number of carboxylic acid groups (broad SMARTS) is 4. The third-order valence-electron chi connectivity index (χ3n) is 0. The van der Waals surface area contributed by atoms with E-state index in [9.17, 15) is 0 Å². The largest absolute Gasteiger partial charge is 3.00 e. The summed E-state index contributed by atoms with van der Waals surface area (Å²) in [7, 11) is 0. The van der Waals surface area contributed by atoms with E-state index >= 15 is 0 Å². The van der Waals surface area contributed by atoms with Crippen LogP contribution in [0.15, 0.2) is 0 Å². The molecule has 0 bridgehead atoms. The molecule has 0 N–H and O–H groups in total. The van der Waals surface area contributed by atoms with Crippen LogP contribution in [0.2, 0.25) is 0 Å². The standard InChI is InChI=1S/2CH2O3.K.Y/c2*2-1(3)4;;/h2*(H2,2,3,4);;/q;;+1;+3/p-4. The minimum atomic E-state index is -2.33. The second kappa shape index (κ2) is 16.7. The maximum Gasteiger partial charge on any atom is 3.00 e. The van der Waals surface area contributed by atoms with Gasteiger partial charge in [-0.15, -0.1) is 0 Å². The van der Waals surface area contributed by atoms with Gasteiger partial charge in [-0.3, -0.25) is 0 Å². The monoisotopic (exact) mass is 248 g/mol. The second-order valence-electron chi connectivity index (χ2n) is 0.500. The molecule has 6 nitrogen and oxygen atoms in total. The summed E-state index contributed by atoms with van der Waals surface area (Å²) in [6.45, 7) is 0. The smallest absolute Gasteiger partial charge is 0.652 e. The van der Waals surface area contributed by atoms with E-state index in [0.29, 0.717) is 0 Å². The zero-order valence-corrected chi connectivity index (χ0v) is 11.0. The van der Waals surface area contributed by atoms with Crippen molar-refractivity contribution in [3.63, 3.8) is 0 Å². The van der Waals surface area contributed by atoms with E-state index < -0.39 is 12.3 Å². The van der Waals surface area contributed by atoms with Crippen LogP contribution in [-0.2, 0) is 32.7 Å². The molecule has 0 unspecified atom stereocenters. The summed E-state index contributed by atoms with van der Waals surface area (Å²) in [6, 6.07) is 0. The minimum absolute atomic E-state index is 0. The molecule has 0 rings (SSSR count). The molecule has 0 aliphatic carbocycles. The number of carbonyl (C=O) groups is 2. The van der Waals surface area contributed by atoms with E-state index in [2.05, 4.69) is 0 Å². The molecule has 0 saturated heterocycles. The van der Waals surface area contributed by atoms with Crippen molar-refractivity contribution in [3.05, 3.63) is 0 Å². The Kier molecular flexibility index (Phi) is 37.6. The van der Waals surface area contributed by atoms with Gasteiger partial charge in [0, 0.05) is 0 Å². The first-order chi connectivity index (χ1) is 3.46. The summed E-state index contributed by atoms with van der Waals surface area (Å²) in [5.41, 5.74) is 0. The first kappa shape index (κ1) is 22.5. The molecule has 0 aliphatic rings. The van der Waals surface area contributed by atoms with Gasteiger partial charge >= 0.3 is 84.1 Å². The van der Waals surface area contributed by atoms with Crippen molar-refractivity contribution >= 4 is 12.3 Å². The normalized spacial score (nSPS) is 4.80. The van der Waals surface area contributed by atoms with E-state index in [0.717, 1.165) is 0 Å². The molecule has 0 spiro atoms. The number of hydrogen-bond acceptors (Lipinski definition) is 6. The van der Waals surface area contributed by atoms with Gasteiger partial charge in [-0.25, -0.2) is 0 Å². The van der Waals surface area contributed by atoms with Gasteiger partial charge in [-0.05, 0) is 12.3 Å². The molecule has 0 amide bonds. The Bertz CT molecular complexity index is 73.7. The summed E-state index contributed by atoms with van der Waals surface area (Å²) in [5, 5.41) is 33.3. The molecule has 0 radical (unpaired) electrons. The molecule has 0 atom stereocenters. The Hall–Kier alpha value is 1.28. The summed E-state index contributed by atoms with van der Waals surface area (Å²) in [5.74, 6) is 0. The Morgan fingerprint density at radius 1 is 0.800 bits per heavy atom. The molecule has 0 aliphatic heterocycles. The van der Waals surface area contributed by atoms with Gasteiger partial charge in [-0.2, -0.15) is 0 Å². The van der Waals surface area contributed by atoms with Crippen LogP contribution in [0.1, 0.15) is 0 Å². The van der Waals surface area contributed by atoms with Crippen molar-refractivity contribution in [2.75, 3.05) is 0 Å². The summed E-state index contributed by atoms with van der Waals surface area (Å²) in [4.78, 5) is 16.7. The Balaban J connectivity index is -0.0000000300. The van der Waals surface area contributed by atoms with E-state index in [1.54, 1.807) is 0 Å². The van der Waals surface area contributed by atoms with Crippen LogP contribution in [0.25, 0.3) is 0 Å². The summed E-state index contributed by atoms with van der Waals surface area (Å²) >= 11 is 0. The fourth-order valence-electron chi connectivity index (χ4n) is 0. The van der Waals surface area contributed by atoms with E-state index in [1.165, 1.54) is 0 Å². The molecule has 0 heterocycles. The Labute approximate surface area is 124 Å². The third-order valence-corrected chi connectivity index (χ3v) is 0. The van der Waals surface area contributed by atoms with E-state index in [1.807, 2.05) is 0 Å². The van der Waals surface area contributed by atoms with Crippen molar-refractivity contribution in [2.45, 2.75) is 0 Å². The molecule has 0 aromatic carbocycles. The van der Waals surface area contributed by atoms with Crippen molar-refractivity contribution in [1.82, 2.24) is 0 Å². The van der Waals surface area contributed by atoms with E-state index in [-0.39, 0.29) is 84.1 Å². The summed E-state index contributed by atoms with van der Waals surface area (Å²) < 4.78 is 0. The Morgan fingerprint density at radius 3 is 0.800 bits per heavy atom. The average molecular weight is 248 g/mol. The first-order valence-electron chi connectivity index (χ1n) is 1.22. The van der Waals surface area contributed by atoms with Crippen LogP contribution in [0, 0.1) is 0 Å². The van der Waals surface area contributed by atoms with Crippen molar-refractivity contribution < 1.29 is 114 Å². The fourth-order valence-corrected chi connectivity index (χ4v) is 0. The molecule has 0 saturated carbocycles. The zero-order valence-electron chi connectivity index (χ0n) is 5.03. The van der Waals surface area contributed by atoms with Crippen LogP contribution in [0.3, 0.4) is 0 Å². The fraction of sp³-hybridized carbons (Fsp3) is 0. The van der Waals surface area contributed by atoms with E-state index in [4.69, 9.17) is 30.0 Å². The van der Waals surface area contributed by atoms with Gasteiger partial charge < -0.3 is 30.0 Å². The van der Waals surface area contributed by atoms with Crippen molar-refractivity contribution in [1.29, 1.82) is 0 Å². The zero-order chi connectivity index (χ0) is 7.15. The van der Waals surface area contributed by atoms with Crippen LogP contribution in [0.5, 0.6) is 0 Å². The molecular formula is C2KO6Y. The second-order valence-corrected chi connectivity index (χ2v) is 0.500. The van der Waals surface area contributed by atoms with Crippen LogP contribution < -0.4 is 71.8 Å². The van der Waals surface area contributed by atoms with Gasteiger partial charge in [-0.1, -0.05) is 0 Å². The first-order valence-corrected chi connectivity index (χ1v) is 1.22. The molecule has 0 aromatic rings.